The number of carbonyl (C=O) groups is 2. The van der Waals surface area contributed by atoms with E-state index >= 15 is 0 Å². The predicted octanol–water partition coefficient (Wildman–Crippen LogP) is 2.60. The van der Waals surface area contributed by atoms with E-state index < -0.39 is 22.9 Å². The van der Waals surface area contributed by atoms with E-state index in [1.165, 1.54) is 19.1 Å². The van der Waals surface area contributed by atoms with Gasteiger partial charge in [-0.15, -0.1) is 0 Å². The molecule has 1 aromatic rings. The number of methoxy groups -OCH3 is 1. The van der Waals surface area contributed by atoms with Crippen LogP contribution in [0.3, 0.4) is 0 Å². The third kappa shape index (κ3) is 4.67. The van der Waals surface area contributed by atoms with Crippen LogP contribution in [0.25, 0.3) is 0 Å². The number of nitrogens with zero attached hydrogens (tertiary/aromatic N) is 1. The van der Waals surface area contributed by atoms with E-state index in [9.17, 15) is 24.8 Å². The third-order valence-electron chi connectivity index (χ3n) is 3.23. The number of nitrogens with one attached hydrogen (secondary N) is 1. The minimum absolute atomic E-state index is 0.142. The van der Waals surface area contributed by atoms with Crippen LogP contribution in [0.5, 0.6) is 0 Å². The van der Waals surface area contributed by atoms with Crippen LogP contribution in [-0.2, 0) is 9.53 Å². The summed E-state index contributed by atoms with van der Waals surface area (Å²) in [5.41, 5.74) is 0.00227. The summed E-state index contributed by atoms with van der Waals surface area (Å²) in [6, 6.07) is 1.83. The van der Waals surface area contributed by atoms with Gasteiger partial charge in [0.2, 0.25) is 0 Å². The smallest absolute Gasteiger partial charge is 0.344 e. The summed E-state index contributed by atoms with van der Waals surface area (Å²) in [6.45, 7) is 5.26. The van der Waals surface area contributed by atoms with Gasteiger partial charge in [0.15, 0.2) is 0 Å². The van der Waals surface area contributed by atoms with Crippen LogP contribution in [0.2, 0.25) is 0 Å². The molecule has 8 nitrogen and oxygen atoms in total. The normalized spacial score (nSPS) is 11.9. The van der Waals surface area contributed by atoms with Crippen molar-refractivity contribution >= 4 is 23.3 Å². The lowest BCUT2D eigenvalue weighted by molar-refractivity contribution is -0.385. The molecule has 1 atom stereocenters. The molecule has 0 bridgehead atoms. The maximum Gasteiger partial charge on any atom is 0.344 e. The zero-order valence-electron chi connectivity index (χ0n) is 13.5. The topological polar surface area (TPSA) is 119 Å². The Morgan fingerprint density at radius 3 is 2.43 bits per heavy atom. The Morgan fingerprint density at radius 2 is 2.00 bits per heavy atom. The van der Waals surface area contributed by atoms with Crippen molar-refractivity contribution in [3.05, 3.63) is 33.4 Å². The minimum atomic E-state index is -1.03. The van der Waals surface area contributed by atoms with Gasteiger partial charge in [-0.2, -0.15) is 0 Å². The number of rotatable bonds is 7. The van der Waals surface area contributed by atoms with Crippen molar-refractivity contribution < 1.29 is 24.4 Å². The molecule has 23 heavy (non-hydrogen) atoms. The van der Waals surface area contributed by atoms with E-state index in [0.717, 1.165) is 7.11 Å². The number of nitro benzene ring substituents is 1. The van der Waals surface area contributed by atoms with E-state index in [4.69, 9.17) is 0 Å². The minimum Gasteiger partial charge on any atom is -0.480 e. The largest absolute Gasteiger partial charge is 0.480 e. The first-order valence-electron chi connectivity index (χ1n) is 7.04. The summed E-state index contributed by atoms with van der Waals surface area (Å²) >= 11 is 0. The zero-order valence-corrected chi connectivity index (χ0v) is 13.5. The van der Waals surface area contributed by atoms with Gasteiger partial charge in [0.1, 0.15) is 11.6 Å². The molecule has 0 aliphatic carbocycles. The fraction of sp³-hybridized carbons (Fsp3) is 0.467. The molecule has 8 heteroatoms. The number of hydrogen-bond donors (Lipinski definition) is 2. The molecule has 1 aromatic carbocycles. The molecular formula is C15H20N2O6. The number of carboxylic acid groups (broad SMARTS) is 1. The lowest BCUT2D eigenvalue weighted by Crippen LogP contribution is -2.30. The maximum atomic E-state index is 11.8. The number of nitro groups is 1. The number of carbonyl (C=O) groups excluding carboxylic acids is 1. The highest BCUT2D eigenvalue weighted by Gasteiger charge is 2.26. The van der Waals surface area contributed by atoms with Crippen molar-refractivity contribution in [1.29, 1.82) is 0 Å². The Labute approximate surface area is 133 Å². The van der Waals surface area contributed by atoms with Crippen LogP contribution in [0.4, 0.5) is 11.4 Å². The monoisotopic (exact) mass is 324 g/mol. The molecule has 1 rings (SSSR count). The van der Waals surface area contributed by atoms with E-state index in [0.29, 0.717) is 12.1 Å². The SMILES string of the molecule is COC(=O)c1cc(NC(CC(C)C)C(=O)O)cc(C)c1[N+](=O)[O-]. The fourth-order valence-corrected chi connectivity index (χ4v) is 2.26. The van der Waals surface area contributed by atoms with Gasteiger partial charge in [-0.3, -0.25) is 10.1 Å². The van der Waals surface area contributed by atoms with Crippen molar-refractivity contribution in [3.8, 4) is 0 Å². The van der Waals surface area contributed by atoms with Crippen LogP contribution in [0, 0.1) is 23.0 Å². The Morgan fingerprint density at radius 1 is 1.39 bits per heavy atom. The number of carboxylic acids is 1. The number of esters is 1. The second-order valence-corrected chi connectivity index (χ2v) is 5.60. The van der Waals surface area contributed by atoms with Crippen LogP contribution >= 0.6 is 0 Å². The quantitative estimate of drug-likeness (QED) is 0.449. The van der Waals surface area contributed by atoms with Gasteiger partial charge < -0.3 is 15.2 Å². The number of aryl methyl sites for hydroxylation is 1. The average Bonchev–Trinajstić information content (AvgIpc) is 2.43. The predicted molar refractivity (Wildman–Crippen MR) is 83.7 cm³/mol. The molecule has 0 amide bonds. The molecule has 2 N–H and O–H groups in total. The zero-order chi connectivity index (χ0) is 17.7. The number of hydrogen-bond acceptors (Lipinski definition) is 6. The van der Waals surface area contributed by atoms with Gasteiger partial charge in [0, 0.05) is 11.3 Å². The van der Waals surface area contributed by atoms with Crippen LogP contribution in [0.15, 0.2) is 12.1 Å². The Kier molecular flexibility index (Phi) is 6.06. The average molecular weight is 324 g/mol. The van der Waals surface area contributed by atoms with Gasteiger partial charge in [-0.25, -0.2) is 9.59 Å². The number of benzene rings is 1. The van der Waals surface area contributed by atoms with E-state index in [2.05, 4.69) is 10.1 Å². The second-order valence-electron chi connectivity index (χ2n) is 5.60. The summed E-state index contributed by atoms with van der Waals surface area (Å²) < 4.78 is 4.57. The summed E-state index contributed by atoms with van der Waals surface area (Å²) in [6.07, 6.45) is 0.374. The van der Waals surface area contributed by atoms with Gasteiger partial charge in [0.05, 0.1) is 12.0 Å². The highest BCUT2D eigenvalue weighted by molar-refractivity contribution is 5.96. The number of aliphatic carboxylic acids is 1. The van der Waals surface area contributed by atoms with Gasteiger partial charge >= 0.3 is 11.9 Å². The van der Waals surface area contributed by atoms with Crippen molar-refractivity contribution in [3.63, 3.8) is 0 Å². The molecule has 0 fully saturated rings. The molecule has 126 valence electrons. The summed E-state index contributed by atoms with van der Waals surface area (Å²) in [5, 5.41) is 23.2. The molecule has 0 aromatic heterocycles. The van der Waals surface area contributed by atoms with Crippen LogP contribution in [-0.4, -0.2) is 35.1 Å². The number of ether oxygens (including phenoxy) is 1. The molecule has 0 radical (unpaired) electrons. The Balaban J connectivity index is 3.27. The first kappa shape index (κ1) is 18.4. The van der Waals surface area contributed by atoms with Crippen LogP contribution < -0.4 is 5.32 Å². The molecule has 0 aliphatic heterocycles. The lowest BCUT2D eigenvalue weighted by atomic mass is 10.0. The van der Waals surface area contributed by atoms with Crippen molar-refractivity contribution in [2.24, 2.45) is 5.92 Å². The van der Waals surface area contributed by atoms with Crippen LogP contribution in [0.1, 0.15) is 36.2 Å². The highest BCUT2D eigenvalue weighted by atomic mass is 16.6. The summed E-state index contributed by atoms with van der Waals surface area (Å²) in [4.78, 5) is 33.6. The molecule has 0 saturated heterocycles. The summed E-state index contributed by atoms with van der Waals surface area (Å²) in [7, 11) is 1.13. The molecule has 0 aliphatic rings. The van der Waals surface area contributed by atoms with Gasteiger partial charge in [0.25, 0.3) is 5.69 Å². The third-order valence-corrected chi connectivity index (χ3v) is 3.23. The maximum absolute atomic E-state index is 11.8. The van der Waals surface area contributed by atoms with Crippen molar-refractivity contribution in [1.82, 2.24) is 0 Å². The Hall–Kier alpha value is -2.64. The molecule has 1 unspecified atom stereocenters. The fourth-order valence-electron chi connectivity index (χ4n) is 2.26. The van der Waals surface area contributed by atoms with Crippen molar-refractivity contribution in [2.45, 2.75) is 33.2 Å². The van der Waals surface area contributed by atoms with E-state index in [1.54, 1.807) is 0 Å². The highest BCUT2D eigenvalue weighted by Crippen LogP contribution is 2.29. The summed E-state index contributed by atoms with van der Waals surface area (Å²) in [5.74, 6) is -1.74. The Bertz CT molecular complexity index is 627. The first-order chi connectivity index (χ1) is 10.7. The van der Waals surface area contributed by atoms with Gasteiger partial charge in [-0.05, 0) is 31.4 Å². The van der Waals surface area contributed by atoms with E-state index in [1.807, 2.05) is 13.8 Å². The molecular weight excluding hydrogens is 304 g/mol. The molecule has 0 heterocycles. The molecule has 0 saturated carbocycles. The van der Waals surface area contributed by atoms with Gasteiger partial charge in [-0.1, -0.05) is 13.8 Å². The standard InChI is InChI=1S/C15H20N2O6/c1-8(2)5-12(14(18)19)16-10-6-9(3)13(17(21)22)11(7-10)15(20)23-4/h6-8,12,16H,5H2,1-4H3,(H,18,19). The molecule has 0 spiro atoms. The number of anilines is 1. The second kappa shape index (κ2) is 7.57. The lowest BCUT2D eigenvalue weighted by Gasteiger charge is -2.18. The van der Waals surface area contributed by atoms with Crippen molar-refractivity contribution in [2.75, 3.05) is 12.4 Å². The first-order valence-corrected chi connectivity index (χ1v) is 7.04. The van der Waals surface area contributed by atoms with E-state index in [-0.39, 0.29) is 22.7 Å².